The molecule has 1 heterocycles. The fraction of sp³-hybridized carbons (Fsp3) is 0.292. The lowest BCUT2D eigenvalue weighted by atomic mass is 9.94. The average molecular weight is 483 g/mol. The van der Waals surface area contributed by atoms with E-state index in [1.54, 1.807) is 0 Å². The number of nitrogens with zero attached hydrogens (tertiary/aromatic N) is 2. The summed E-state index contributed by atoms with van der Waals surface area (Å²) in [6, 6.07) is 17.7. The number of nitrogens with one attached hydrogen (secondary N) is 1. The molecule has 3 N–H and O–H groups in total. The number of primary sulfonamides is 1. The normalized spacial score (nSPS) is 15.8. The minimum atomic E-state index is -4.05. The molecule has 0 unspecified atom stereocenters. The number of amides is 1. The highest BCUT2D eigenvalue weighted by molar-refractivity contribution is 7.89. The summed E-state index contributed by atoms with van der Waals surface area (Å²) in [6.07, 6.45) is 1.06. The number of carbonyl (C=O) groups excluding carboxylic acids is 1. The molecule has 1 aliphatic heterocycles. The summed E-state index contributed by atoms with van der Waals surface area (Å²) in [6.45, 7) is 2.84. The van der Waals surface area contributed by atoms with Crippen LogP contribution in [0.5, 0.6) is 0 Å². The third-order valence-corrected chi connectivity index (χ3v) is 7.22. The molecular weight excluding hydrogens is 456 g/mol. The molecule has 1 saturated heterocycles. The second-order valence-electron chi connectivity index (χ2n) is 8.55. The highest BCUT2D eigenvalue weighted by Crippen LogP contribution is 2.33. The van der Waals surface area contributed by atoms with Crippen molar-refractivity contribution in [3.8, 4) is 0 Å². The number of benzene rings is 3. The van der Waals surface area contributed by atoms with Gasteiger partial charge in [0.05, 0.1) is 15.9 Å². The summed E-state index contributed by atoms with van der Waals surface area (Å²) in [4.78, 5) is 25.3. The quantitative estimate of drug-likeness (QED) is 0.408. The fourth-order valence-electron chi connectivity index (χ4n) is 4.37. The van der Waals surface area contributed by atoms with Gasteiger partial charge in [-0.25, -0.2) is 13.6 Å². The Labute approximate surface area is 197 Å². The Hall–Kier alpha value is -3.50. The Balaban J connectivity index is 1.41. The molecule has 0 saturated carbocycles. The molecule has 9 nitrogen and oxygen atoms in total. The Morgan fingerprint density at radius 2 is 1.76 bits per heavy atom. The van der Waals surface area contributed by atoms with Crippen LogP contribution in [0, 0.1) is 16.0 Å². The number of nitrogens with two attached hydrogens (primary N) is 1. The number of piperidine rings is 1. The minimum Gasteiger partial charge on any atom is -0.366 e. The van der Waals surface area contributed by atoms with Crippen LogP contribution in [0.3, 0.4) is 0 Å². The molecule has 0 radical (unpaired) electrons. The molecule has 10 heteroatoms. The topological polar surface area (TPSA) is 136 Å². The zero-order valence-corrected chi connectivity index (χ0v) is 19.5. The Kier molecular flexibility index (Phi) is 6.54. The van der Waals surface area contributed by atoms with E-state index in [0.717, 1.165) is 22.4 Å². The van der Waals surface area contributed by atoms with Crippen molar-refractivity contribution < 1.29 is 18.1 Å². The summed E-state index contributed by atoms with van der Waals surface area (Å²) in [7, 11) is -4.05. The van der Waals surface area contributed by atoms with E-state index in [9.17, 15) is 23.3 Å². The van der Waals surface area contributed by atoms with Gasteiger partial charge in [0, 0.05) is 25.1 Å². The maximum absolute atomic E-state index is 12.9. The molecule has 3 aromatic carbocycles. The van der Waals surface area contributed by atoms with E-state index < -0.39 is 14.9 Å². The monoisotopic (exact) mass is 482 g/mol. The van der Waals surface area contributed by atoms with Crippen molar-refractivity contribution in [1.29, 1.82) is 0 Å². The van der Waals surface area contributed by atoms with Crippen molar-refractivity contribution >= 4 is 38.1 Å². The number of carbonyl (C=O) groups is 1. The second-order valence-corrected chi connectivity index (χ2v) is 10.1. The lowest BCUT2D eigenvalue weighted by molar-refractivity contribution is -0.384. The largest absolute Gasteiger partial charge is 0.366 e. The van der Waals surface area contributed by atoms with E-state index >= 15 is 0 Å². The van der Waals surface area contributed by atoms with E-state index in [-0.39, 0.29) is 28.4 Å². The van der Waals surface area contributed by atoms with E-state index in [1.807, 2.05) is 48.2 Å². The number of rotatable bonds is 6. The lowest BCUT2D eigenvalue weighted by Crippen LogP contribution is -2.41. The summed E-state index contributed by atoms with van der Waals surface area (Å²) in [5, 5.41) is 22.0. The van der Waals surface area contributed by atoms with Crippen molar-refractivity contribution in [2.75, 3.05) is 18.0 Å². The fourth-order valence-corrected chi connectivity index (χ4v) is 4.90. The summed E-state index contributed by atoms with van der Waals surface area (Å²) >= 11 is 0. The van der Waals surface area contributed by atoms with Crippen molar-refractivity contribution in [1.82, 2.24) is 5.32 Å². The second kappa shape index (κ2) is 9.40. The smallest absolute Gasteiger partial charge is 0.293 e. The Morgan fingerprint density at radius 3 is 2.41 bits per heavy atom. The molecular formula is C24H26N4O5S. The molecule has 3 aromatic rings. The van der Waals surface area contributed by atoms with E-state index in [0.29, 0.717) is 31.6 Å². The molecule has 0 aromatic heterocycles. The first-order valence-electron chi connectivity index (χ1n) is 11.0. The SMILES string of the molecule is C[C@H](NC(=O)C1CCN(c2ccc(S(N)(=O)=O)cc2[N+](=O)[O-])CC1)c1ccc2ccccc2c1. The van der Waals surface area contributed by atoms with Gasteiger partial charge in [-0.3, -0.25) is 14.9 Å². The van der Waals surface area contributed by atoms with Crippen LogP contribution in [0.2, 0.25) is 0 Å². The van der Waals surface area contributed by atoms with E-state index in [2.05, 4.69) is 11.4 Å². The first kappa shape index (κ1) is 23.7. The van der Waals surface area contributed by atoms with Gasteiger partial charge in [-0.1, -0.05) is 36.4 Å². The van der Waals surface area contributed by atoms with Crippen LogP contribution >= 0.6 is 0 Å². The number of nitro benzene ring substituents is 1. The maximum Gasteiger partial charge on any atom is 0.293 e. The van der Waals surface area contributed by atoms with Gasteiger partial charge in [0.15, 0.2) is 0 Å². The summed E-state index contributed by atoms with van der Waals surface area (Å²) in [5.74, 6) is -0.249. The van der Waals surface area contributed by atoms with Crippen LogP contribution in [-0.2, 0) is 14.8 Å². The molecule has 4 rings (SSSR count). The molecule has 1 amide bonds. The van der Waals surface area contributed by atoms with Gasteiger partial charge in [0.25, 0.3) is 5.69 Å². The molecule has 1 atom stereocenters. The number of hydrogen-bond acceptors (Lipinski definition) is 6. The molecule has 0 spiro atoms. The first-order valence-corrected chi connectivity index (χ1v) is 12.5. The molecule has 1 aliphatic rings. The third kappa shape index (κ3) is 5.02. The Bertz CT molecular complexity index is 1350. The van der Waals surface area contributed by atoms with Crippen LogP contribution in [-0.4, -0.2) is 32.3 Å². The maximum atomic E-state index is 12.9. The average Bonchev–Trinajstić information content (AvgIpc) is 2.82. The number of nitro groups is 1. The van der Waals surface area contributed by atoms with Gasteiger partial charge in [0.2, 0.25) is 15.9 Å². The third-order valence-electron chi connectivity index (χ3n) is 6.31. The molecule has 34 heavy (non-hydrogen) atoms. The summed E-state index contributed by atoms with van der Waals surface area (Å²) < 4.78 is 23.1. The van der Waals surface area contributed by atoms with Crippen LogP contribution < -0.4 is 15.4 Å². The Morgan fingerprint density at radius 1 is 1.09 bits per heavy atom. The van der Waals surface area contributed by atoms with Crippen LogP contribution in [0.25, 0.3) is 10.8 Å². The van der Waals surface area contributed by atoms with Gasteiger partial charge in [-0.05, 0) is 54.3 Å². The minimum absolute atomic E-state index is 0.0422. The van der Waals surface area contributed by atoms with E-state index in [1.165, 1.54) is 12.1 Å². The van der Waals surface area contributed by atoms with Crippen LogP contribution in [0.15, 0.2) is 65.6 Å². The van der Waals surface area contributed by atoms with Gasteiger partial charge in [-0.15, -0.1) is 0 Å². The van der Waals surface area contributed by atoms with Gasteiger partial charge >= 0.3 is 0 Å². The number of sulfonamides is 1. The van der Waals surface area contributed by atoms with Crippen LogP contribution in [0.1, 0.15) is 31.4 Å². The van der Waals surface area contributed by atoms with Crippen molar-refractivity contribution in [2.24, 2.45) is 11.1 Å². The van der Waals surface area contributed by atoms with Crippen molar-refractivity contribution in [2.45, 2.75) is 30.7 Å². The summed E-state index contributed by atoms with van der Waals surface area (Å²) in [5.41, 5.74) is 1.02. The van der Waals surface area contributed by atoms with Crippen molar-refractivity contribution in [3.05, 3.63) is 76.3 Å². The van der Waals surface area contributed by atoms with Crippen molar-refractivity contribution in [3.63, 3.8) is 0 Å². The standard InChI is InChI=1S/C24H26N4O5S/c1-16(19-7-6-17-4-2-3-5-20(17)14-19)26-24(29)18-10-12-27(13-11-18)22-9-8-21(34(25,32)33)15-23(22)28(30)31/h2-9,14-16,18H,10-13H2,1H3,(H,26,29)(H2,25,32,33)/t16-/m0/s1. The number of hydrogen-bond donors (Lipinski definition) is 2. The van der Waals surface area contributed by atoms with E-state index in [4.69, 9.17) is 5.14 Å². The highest BCUT2D eigenvalue weighted by Gasteiger charge is 2.30. The van der Waals surface area contributed by atoms with Crippen LogP contribution in [0.4, 0.5) is 11.4 Å². The molecule has 0 aliphatic carbocycles. The lowest BCUT2D eigenvalue weighted by Gasteiger charge is -2.33. The number of anilines is 1. The molecule has 0 bridgehead atoms. The van der Waals surface area contributed by atoms with Gasteiger partial charge in [0.1, 0.15) is 5.69 Å². The predicted octanol–water partition coefficient (Wildman–Crippen LogP) is 3.49. The van der Waals surface area contributed by atoms with Gasteiger partial charge < -0.3 is 10.2 Å². The van der Waals surface area contributed by atoms with Gasteiger partial charge in [-0.2, -0.15) is 0 Å². The zero-order valence-electron chi connectivity index (χ0n) is 18.7. The number of fused-ring (bicyclic) bond motifs is 1. The molecule has 1 fully saturated rings. The predicted molar refractivity (Wildman–Crippen MR) is 130 cm³/mol. The highest BCUT2D eigenvalue weighted by atomic mass is 32.2. The molecule has 178 valence electrons. The first-order chi connectivity index (χ1) is 16.1. The zero-order chi connectivity index (χ0) is 24.5.